The van der Waals surface area contributed by atoms with E-state index < -0.39 is 0 Å². The van der Waals surface area contributed by atoms with E-state index in [1.54, 1.807) is 42.5 Å². The first-order valence-electron chi connectivity index (χ1n) is 6.28. The summed E-state index contributed by atoms with van der Waals surface area (Å²) in [6.45, 7) is 0. The molecule has 1 aliphatic rings. The highest BCUT2D eigenvalue weighted by molar-refractivity contribution is 6.41. The van der Waals surface area contributed by atoms with Gasteiger partial charge >= 0.3 is 0 Å². The predicted octanol–water partition coefficient (Wildman–Crippen LogP) is 3.14. The summed E-state index contributed by atoms with van der Waals surface area (Å²) in [6, 6.07) is 11.8. The van der Waals surface area contributed by atoms with Crippen molar-refractivity contribution in [3.05, 3.63) is 64.7 Å². The van der Waals surface area contributed by atoms with E-state index in [0.717, 1.165) is 0 Å². The van der Waals surface area contributed by atoms with Crippen LogP contribution in [0, 0.1) is 0 Å². The Bertz CT molecular complexity index is 797. The van der Waals surface area contributed by atoms with Gasteiger partial charge in [-0.05, 0) is 30.3 Å². The third kappa shape index (κ3) is 2.41. The van der Waals surface area contributed by atoms with Gasteiger partial charge in [0.25, 0.3) is 5.91 Å². The SMILES string of the molecule is Nc1cccc(C(=O)/C=C2/C(=O)Nc3cccc(Cl)c32)c1. The van der Waals surface area contributed by atoms with E-state index in [2.05, 4.69) is 5.32 Å². The molecule has 3 rings (SSSR count). The number of hydrogen-bond donors (Lipinski definition) is 2. The average Bonchev–Trinajstić information content (AvgIpc) is 2.76. The number of anilines is 2. The lowest BCUT2D eigenvalue weighted by Crippen LogP contribution is -2.06. The molecule has 0 unspecified atom stereocenters. The van der Waals surface area contributed by atoms with Crippen molar-refractivity contribution in [2.75, 3.05) is 11.1 Å². The van der Waals surface area contributed by atoms with E-state index in [1.165, 1.54) is 6.08 Å². The Hall–Kier alpha value is -2.59. The Morgan fingerprint density at radius 1 is 1.19 bits per heavy atom. The van der Waals surface area contributed by atoms with E-state index in [0.29, 0.717) is 27.5 Å². The molecule has 0 bridgehead atoms. The lowest BCUT2D eigenvalue weighted by molar-refractivity contribution is -0.110. The van der Waals surface area contributed by atoms with Crippen LogP contribution in [-0.2, 0) is 4.79 Å². The fourth-order valence-corrected chi connectivity index (χ4v) is 2.53. The molecule has 5 heteroatoms. The van der Waals surface area contributed by atoms with Gasteiger partial charge in [-0.3, -0.25) is 9.59 Å². The number of benzene rings is 2. The van der Waals surface area contributed by atoms with Crippen LogP contribution in [0.1, 0.15) is 15.9 Å². The van der Waals surface area contributed by atoms with Crippen LogP contribution in [0.5, 0.6) is 0 Å². The fourth-order valence-electron chi connectivity index (χ4n) is 2.25. The Morgan fingerprint density at radius 3 is 2.71 bits per heavy atom. The minimum absolute atomic E-state index is 0.267. The number of nitrogens with two attached hydrogens (primary N) is 1. The summed E-state index contributed by atoms with van der Waals surface area (Å²) in [5.41, 5.74) is 8.01. The van der Waals surface area contributed by atoms with Crippen molar-refractivity contribution < 1.29 is 9.59 Å². The number of allylic oxidation sites excluding steroid dienone is 1. The lowest BCUT2D eigenvalue weighted by Gasteiger charge is -2.02. The van der Waals surface area contributed by atoms with Crippen molar-refractivity contribution in [2.24, 2.45) is 0 Å². The first-order chi connectivity index (χ1) is 10.1. The molecule has 1 heterocycles. The van der Waals surface area contributed by atoms with Gasteiger partial charge in [-0.1, -0.05) is 29.8 Å². The van der Waals surface area contributed by atoms with Crippen molar-refractivity contribution in [2.45, 2.75) is 0 Å². The maximum absolute atomic E-state index is 12.3. The molecule has 0 spiro atoms. The maximum atomic E-state index is 12.3. The molecular weight excluding hydrogens is 288 g/mol. The molecular formula is C16H11ClN2O2. The van der Waals surface area contributed by atoms with E-state index >= 15 is 0 Å². The van der Waals surface area contributed by atoms with E-state index in [4.69, 9.17) is 17.3 Å². The number of halogens is 1. The van der Waals surface area contributed by atoms with Gasteiger partial charge in [0.15, 0.2) is 5.78 Å². The van der Waals surface area contributed by atoms with Gasteiger partial charge in [0.05, 0.1) is 16.3 Å². The quantitative estimate of drug-likeness (QED) is 0.508. The Labute approximate surface area is 126 Å². The molecule has 0 radical (unpaired) electrons. The first-order valence-corrected chi connectivity index (χ1v) is 6.66. The summed E-state index contributed by atoms with van der Waals surface area (Å²) >= 11 is 6.12. The van der Waals surface area contributed by atoms with Crippen molar-refractivity contribution in [3.63, 3.8) is 0 Å². The maximum Gasteiger partial charge on any atom is 0.256 e. The summed E-state index contributed by atoms with van der Waals surface area (Å²) in [7, 11) is 0. The lowest BCUT2D eigenvalue weighted by atomic mass is 10.0. The van der Waals surface area contributed by atoms with Crippen LogP contribution in [0.4, 0.5) is 11.4 Å². The molecule has 104 valence electrons. The average molecular weight is 299 g/mol. The molecule has 3 N–H and O–H groups in total. The number of hydrogen-bond acceptors (Lipinski definition) is 3. The highest BCUT2D eigenvalue weighted by Crippen LogP contribution is 2.37. The Kier molecular flexibility index (Phi) is 3.23. The van der Waals surface area contributed by atoms with Crippen LogP contribution in [0.3, 0.4) is 0 Å². The minimum Gasteiger partial charge on any atom is -0.399 e. The van der Waals surface area contributed by atoms with Crippen molar-refractivity contribution >= 4 is 40.2 Å². The van der Waals surface area contributed by atoms with Gasteiger partial charge < -0.3 is 11.1 Å². The summed E-state index contributed by atoms with van der Waals surface area (Å²) in [5.74, 6) is -0.629. The van der Waals surface area contributed by atoms with E-state index in [1.807, 2.05) is 0 Å². The highest BCUT2D eigenvalue weighted by Gasteiger charge is 2.27. The predicted molar refractivity (Wildman–Crippen MR) is 83.2 cm³/mol. The van der Waals surface area contributed by atoms with Crippen LogP contribution in [-0.4, -0.2) is 11.7 Å². The second-order valence-corrected chi connectivity index (χ2v) is 5.07. The zero-order chi connectivity index (χ0) is 15.0. The normalized spacial score (nSPS) is 14.9. The number of rotatable bonds is 2. The molecule has 0 atom stereocenters. The van der Waals surface area contributed by atoms with Gasteiger partial charge in [-0.2, -0.15) is 0 Å². The second-order valence-electron chi connectivity index (χ2n) is 4.66. The minimum atomic E-state index is -0.338. The fraction of sp³-hybridized carbons (Fsp3) is 0. The van der Waals surface area contributed by atoms with Gasteiger partial charge in [0.2, 0.25) is 0 Å². The van der Waals surface area contributed by atoms with Crippen LogP contribution in [0.15, 0.2) is 48.5 Å². The Balaban J connectivity index is 2.05. The largest absolute Gasteiger partial charge is 0.399 e. The number of amides is 1. The van der Waals surface area contributed by atoms with Crippen LogP contribution in [0.25, 0.3) is 5.57 Å². The van der Waals surface area contributed by atoms with Gasteiger partial charge in [0.1, 0.15) is 0 Å². The van der Waals surface area contributed by atoms with Gasteiger partial charge in [-0.15, -0.1) is 0 Å². The summed E-state index contributed by atoms with van der Waals surface area (Å²) in [5, 5.41) is 3.12. The molecule has 2 aromatic carbocycles. The van der Waals surface area contributed by atoms with Crippen molar-refractivity contribution in [1.82, 2.24) is 0 Å². The van der Waals surface area contributed by atoms with Crippen LogP contribution in [0.2, 0.25) is 5.02 Å². The molecule has 1 amide bonds. The van der Waals surface area contributed by atoms with Crippen LogP contribution >= 0.6 is 11.6 Å². The smallest absolute Gasteiger partial charge is 0.256 e. The van der Waals surface area contributed by atoms with E-state index in [-0.39, 0.29) is 17.3 Å². The zero-order valence-corrected chi connectivity index (χ0v) is 11.6. The third-order valence-electron chi connectivity index (χ3n) is 3.22. The zero-order valence-electron chi connectivity index (χ0n) is 10.9. The summed E-state index contributed by atoms with van der Waals surface area (Å²) < 4.78 is 0. The number of ketones is 1. The van der Waals surface area contributed by atoms with E-state index in [9.17, 15) is 9.59 Å². The summed E-state index contributed by atoms with van der Waals surface area (Å²) in [4.78, 5) is 24.3. The highest BCUT2D eigenvalue weighted by atomic mass is 35.5. The topological polar surface area (TPSA) is 72.2 Å². The van der Waals surface area contributed by atoms with Crippen molar-refractivity contribution in [1.29, 1.82) is 0 Å². The second kappa shape index (κ2) is 5.07. The molecule has 21 heavy (non-hydrogen) atoms. The molecule has 2 aromatic rings. The van der Waals surface area contributed by atoms with Gasteiger partial charge in [0, 0.05) is 16.8 Å². The number of carbonyl (C=O) groups is 2. The molecule has 0 aromatic heterocycles. The molecule has 0 fully saturated rings. The molecule has 0 aliphatic carbocycles. The first kappa shape index (κ1) is 13.4. The third-order valence-corrected chi connectivity index (χ3v) is 3.54. The monoisotopic (exact) mass is 298 g/mol. The molecule has 4 nitrogen and oxygen atoms in total. The standard InChI is InChI=1S/C16H11ClN2O2/c17-12-5-2-6-13-15(12)11(16(21)19-13)8-14(20)9-3-1-4-10(18)7-9/h1-8H,18H2,(H,19,21)/b11-8+. The number of carbonyl (C=O) groups excluding carboxylic acids is 2. The van der Waals surface area contributed by atoms with Gasteiger partial charge in [-0.25, -0.2) is 0 Å². The number of nitrogen functional groups attached to an aromatic ring is 1. The van der Waals surface area contributed by atoms with Crippen LogP contribution < -0.4 is 11.1 Å². The molecule has 0 saturated carbocycles. The number of fused-ring (bicyclic) bond motifs is 1. The Morgan fingerprint density at radius 2 is 1.95 bits per heavy atom. The molecule has 0 saturated heterocycles. The number of nitrogens with one attached hydrogen (secondary N) is 1. The summed E-state index contributed by atoms with van der Waals surface area (Å²) in [6.07, 6.45) is 1.29. The van der Waals surface area contributed by atoms with Crippen molar-refractivity contribution in [3.8, 4) is 0 Å². The molecule has 1 aliphatic heterocycles.